The molecule has 3 rings (SSSR count). The molecule has 2 amide bonds. The summed E-state index contributed by atoms with van der Waals surface area (Å²) in [4.78, 5) is 23.5. The highest BCUT2D eigenvalue weighted by Gasteiger charge is 2.27. The van der Waals surface area contributed by atoms with Crippen molar-refractivity contribution >= 4 is 23.4 Å². The Morgan fingerprint density at radius 1 is 1.34 bits per heavy atom. The van der Waals surface area contributed by atoms with Crippen molar-refractivity contribution in [1.82, 2.24) is 9.97 Å². The van der Waals surface area contributed by atoms with Gasteiger partial charge >= 0.3 is 6.03 Å². The molecule has 1 radical (unpaired) electrons. The molecule has 0 atom stereocenters. The lowest BCUT2D eigenvalue weighted by Crippen LogP contribution is -2.40. The number of urea groups is 1. The lowest BCUT2D eigenvalue weighted by atomic mass is 10.0. The van der Waals surface area contributed by atoms with Crippen molar-refractivity contribution < 1.29 is 19.0 Å². The topological polar surface area (TPSA) is 122 Å². The Labute approximate surface area is 187 Å². The third-order valence-electron chi connectivity index (χ3n) is 5.05. The average Bonchev–Trinajstić information content (AvgIpc) is 2.80. The third kappa shape index (κ3) is 5.13. The minimum absolute atomic E-state index is 0.321. The Balaban J connectivity index is 1.85. The van der Waals surface area contributed by atoms with Gasteiger partial charge in [-0.05, 0) is 30.9 Å². The molecule has 1 aliphatic heterocycles. The van der Waals surface area contributed by atoms with E-state index in [2.05, 4.69) is 33.6 Å². The lowest BCUT2D eigenvalue weighted by Gasteiger charge is -2.30. The van der Waals surface area contributed by atoms with E-state index < -0.39 is 6.29 Å². The Hall–Kier alpha value is -3.26. The first-order valence-electron chi connectivity index (χ1n) is 10.1. The molecule has 0 unspecified atom stereocenters. The number of methoxy groups -OCH3 is 3. The van der Waals surface area contributed by atoms with Crippen LogP contribution in [0.2, 0.25) is 0 Å². The van der Waals surface area contributed by atoms with E-state index >= 15 is 0 Å². The van der Waals surface area contributed by atoms with Gasteiger partial charge < -0.3 is 19.5 Å². The number of nitrogens with zero attached hydrogens (tertiary/aromatic N) is 4. The second kappa shape index (κ2) is 10.9. The van der Waals surface area contributed by atoms with E-state index in [0.29, 0.717) is 53.8 Å². The van der Waals surface area contributed by atoms with Crippen LogP contribution in [0.25, 0.3) is 0 Å². The highest BCUT2D eigenvalue weighted by Crippen LogP contribution is 2.31. The van der Waals surface area contributed by atoms with E-state index in [0.717, 1.165) is 18.4 Å². The van der Waals surface area contributed by atoms with E-state index in [1.807, 2.05) is 6.07 Å². The van der Waals surface area contributed by atoms with Crippen LogP contribution in [0.1, 0.15) is 35.1 Å². The molecule has 2 aromatic heterocycles. The normalized spacial score (nSPS) is 12.9. The van der Waals surface area contributed by atoms with Gasteiger partial charge in [0.05, 0.1) is 17.9 Å². The zero-order valence-electron chi connectivity index (χ0n) is 18.5. The van der Waals surface area contributed by atoms with Crippen molar-refractivity contribution in [3.8, 4) is 6.07 Å². The van der Waals surface area contributed by atoms with Gasteiger partial charge in [0.2, 0.25) is 6.29 Å². The van der Waals surface area contributed by atoms with Gasteiger partial charge in [0.25, 0.3) is 0 Å². The quantitative estimate of drug-likeness (QED) is 0.476. The van der Waals surface area contributed by atoms with Crippen LogP contribution in [0.4, 0.5) is 22.1 Å². The Morgan fingerprint density at radius 3 is 2.81 bits per heavy atom. The summed E-state index contributed by atoms with van der Waals surface area (Å²) >= 11 is 0. The van der Waals surface area contributed by atoms with E-state index in [-0.39, 0.29) is 6.03 Å². The molecule has 0 saturated carbocycles. The van der Waals surface area contributed by atoms with E-state index in [4.69, 9.17) is 14.2 Å². The van der Waals surface area contributed by atoms with Gasteiger partial charge in [-0.3, -0.25) is 10.2 Å². The Kier molecular flexibility index (Phi) is 7.94. The number of nitrogens with one attached hydrogen (secondary N) is 2. The van der Waals surface area contributed by atoms with Gasteiger partial charge in [0.1, 0.15) is 23.4 Å². The lowest BCUT2D eigenvalue weighted by molar-refractivity contribution is -0.108. The molecular formula is C22H27N6O4. The Bertz CT molecular complexity index is 1000. The standard InChI is InChI=1S/C22H27N6O4/c1-14-10-15-6-5-8-28(20(15)27-19(14)21(31-3)32-4)22(29)26-18-11-17(24-7-9-30-2)16(12-23)13-25-18/h10-11,13,21H,1,5-9H2,2-4H3,(H2,24,25,26,29). The van der Waals surface area contributed by atoms with Crippen molar-refractivity contribution in [3.05, 3.63) is 47.6 Å². The fourth-order valence-corrected chi connectivity index (χ4v) is 3.50. The summed E-state index contributed by atoms with van der Waals surface area (Å²) in [6, 6.07) is 5.26. The maximum absolute atomic E-state index is 13.1. The first kappa shape index (κ1) is 23.4. The van der Waals surface area contributed by atoms with Crippen LogP contribution < -0.4 is 15.5 Å². The molecule has 0 aliphatic carbocycles. The number of fused-ring (bicyclic) bond motifs is 1. The molecule has 3 heterocycles. The maximum atomic E-state index is 13.1. The van der Waals surface area contributed by atoms with Crippen molar-refractivity contribution in [1.29, 1.82) is 5.26 Å². The second-order valence-corrected chi connectivity index (χ2v) is 7.15. The monoisotopic (exact) mass is 439 g/mol. The van der Waals surface area contributed by atoms with Crippen LogP contribution in [0.3, 0.4) is 0 Å². The number of amides is 2. The number of carbonyl (C=O) groups excluding carboxylic acids is 1. The summed E-state index contributed by atoms with van der Waals surface area (Å²) in [6.45, 7) is 5.54. The van der Waals surface area contributed by atoms with Gasteiger partial charge in [-0.1, -0.05) is 6.07 Å². The third-order valence-corrected chi connectivity index (χ3v) is 5.05. The number of pyridine rings is 2. The molecule has 0 fully saturated rings. The number of aryl methyl sites for hydroxylation is 1. The zero-order chi connectivity index (χ0) is 23.1. The highest BCUT2D eigenvalue weighted by atomic mass is 16.7. The Morgan fingerprint density at radius 2 is 2.12 bits per heavy atom. The number of carbonyl (C=O) groups is 1. The average molecular weight is 439 g/mol. The molecule has 1 aliphatic rings. The largest absolute Gasteiger partial charge is 0.383 e. The molecule has 10 heteroatoms. The molecular weight excluding hydrogens is 412 g/mol. The molecule has 0 spiro atoms. The predicted octanol–water partition coefficient (Wildman–Crippen LogP) is 2.86. The molecule has 0 aromatic carbocycles. The fraction of sp³-hybridized carbons (Fsp3) is 0.409. The van der Waals surface area contributed by atoms with E-state index in [1.165, 1.54) is 20.4 Å². The molecule has 10 nitrogen and oxygen atoms in total. The van der Waals surface area contributed by atoms with Gasteiger partial charge in [-0.25, -0.2) is 14.8 Å². The number of anilines is 3. The molecule has 32 heavy (non-hydrogen) atoms. The predicted molar refractivity (Wildman–Crippen MR) is 119 cm³/mol. The van der Waals surface area contributed by atoms with Crippen molar-refractivity contribution in [2.45, 2.75) is 19.1 Å². The summed E-state index contributed by atoms with van der Waals surface area (Å²) in [7, 11) is 4.64. The van der Waals surface area contributed by atoms with Crippen LogP contribution >= 0.6 is 0 Å². The molecule has 0 bridgehead atoms. The summed E-state index contributed by atoms with van der Waals surface area (Å²) in [5, 5.41) is 15.2. The van der Waals surface area contributed by atoms with Crippen LogP contribution in [0, 0.1) is 18.3 Å². The molecule has 0 saturated heterocycles. The maximum Gasteiger partial charge on any atom is 0.328 e. The minimum atomic E-state index is -0.680. The number of ether oxygens (including phenoxy) is 3. The first-order chi connectivity index (χ1) is 15.5. The summed E-state index contributed by atoms with van der Waals surface area (Å²) in [6.07, 6.45) is 2.33. The summed E-state index contributed by atoms with van der Waals surface area (Å²) < 4.78 is 15.7. The van der Waals surface area contributed by atoms with Gasteiger partial charge in [0, 0.05) is 46.7 Å². The summed E-state index contributed by atoms with van der Waals surface area (Å²) in [5.74, 6) is 0.865. The van der Waals surface area contributed by atoms with Gasteiger partial charge in [0.15, 0.2) is 0 Å². The smallest absolute Gasteiger partial charge is 0.328 e. The molecule has 2 N–H and O–H groups in total. The van der Waals surface area contributed by atoms with Crippen molar-refractivity contribution in [3.63, 3.8) is 0 Å². The first-order valence-corrected chi connectivity index (χ1v) is 10.1. The van der Waals surface area contributed by atoms with Crippen LogP contribution in [0.15, 0.2) is 18.3 Å². The SMILES string of the molecule is [CH2]c1cc2c(nc1C(OC)OC)N(C(=O)Nc1cc(NCCOC)c(C#N)cn1)CCC2. The van der Waals surface area contributed by atoms with Crippen LogP contribution in [0.5, 0.6) is 0 Å². The van der Waals surface area contributed by atoms with E-state index in [9.17, 15) is 10.1 Å². The van der Waals surface area contributed by atoms with Crippen molar-refractivity contribution in [2.75, 3.05) is 56.6 Å². The number of nitriles is 1. The number of rotatable bonds is 8. The van der Waals surface area contributed by atoms with Gasteiger partial charge in [-0.2, -0.15) is 5.26 Å². The molecule has 169 valence electrons. The zero-order valence-corrected chi connectivity index (χ0v) is 18.5. The second-order valence-electron chi connectivity index (χ2n) is 7.15. The van der Waals surface area contributed by atoms with Crippen LogP contribution in [-0.2, 0) is 20.6 Å². The van der Waals surface area contributed by atoms with Crippen LogP contribution in [-0.4, -0.2) is 57.0 Å². The number of hydrogen-bond donors (Lipinski definition) is 2. The highest BCUT2D eigenvalue weighted by molar-refractivity contribution is 6.01. The minimum Gasteiger partial charge on any atom is -0.383 e. The van der Waals surface area contributed by atoms with E-state index in [1.54, 1.807) is 18.1 Å². The fourth-order valence-electron chi connectivity index (χ4n) is 3.50. The van der Waals surface area contributed by atoms with Crippen molar-refractivity contribution in [2.24, 2.45) is 0 Å². The summed E-state index contributed by atoms with van der Waals surface area (Å²) in [5.41, 5.74) is 3.09. The number of aromatic nitrogens is 2. The number of hydrogen-bond acceptors (Lipinski definition) is 8. The molecule has 2 aromatic rings. The van der Waals surface area contributed by atoms with Gasteiger partial charge in [-0.15, -0.1) is 0 Å².